The fourth-order valence-corrected chi connectivity index (χ4v) is 3.78. The van der Waals surface area contributed by atoms with E-state index in [1.54, 1.807) is 12.1 Å². The number of hydrogen-bond donors (Lipinski definition) is 1. The first kappa shape index (κ1) is 15.9. The van der Waals surface area contributed by atoms with Gasteiger partial charge in [-0.25, -0.2) is 9.18 Å². The smallest absolute Gasteiger partial charge is 0.318 e. The summed E-state index contributed by atoms with van der Waals surface area (Å²) in [6, 6.07) is 15.1. The van der Waals surface area contributed by atoms with Crippen LogP contribution in [0.25, 0.3) is 0 Å². The zero-order valence-electron chi connectivity index (χ0n) is 14.1. The van der Waals surface area contributed by atoms with Gasteiger partial charge in [-0.2, -0.15) is 0 Å². The van der Waals surface area contributed by atoms with E-state index in [1.165, 1.54) is 11.8 Å². The third-order valence-electron chi connectivity index (χ3n) is 5.17. The number of fused-ring (bicyclic) bond motifs is 1. The molecule has 0 aromatic heterocycles. The number of rotatable bonds is 2. The molecular weight excluding hydrogens is 317 g/mol. The zero-order valence-corrected chi connectivity index (χ0v) is 14.1. The van der Waals surface area contributed by atoms with Gasteiger partial charge in [0.05, 0.1) is 6.04 Å². The van der Waals surface area contributed by atoms with E-state index in [0.717, 1.165) is 37.1 Å². The van der Waals surface area contributed by atoms with Gasteiger partial charge in [0.2, 0.25) is 0 Å². The third-order valence-corrected chi connectivity index (χ3v) is 5.17. The lowest BCUT2D eigenvalue weighted by atomic mass is 10.1. The van der Waals surface area contributed by atoms with E-state index in [9.17, 15) is 9.18 Å². The van der Waals surface area contributed by atoms with Crippen LogP contribution in [0.4, 0.5) is 14.9 Å². The Hall–Kier alpha value is -2.56. The first-order chi connectivity index (χ1) is 12.2. The normalized spacial score (nSPS) is 19.6. The van der Waals surface area contributed by atoms with Crippen LogP contribution in [0.3, 0.4) is 0 Å². The van der Waals surface area contributed by atoms with Crippen molar-refractivity contribution < 1.29 is 9.18 Å². The van der Waals surface area contributed by atoms with Crippen LogP contribution in [0.15, 0.2) is 48.5 Å². The summed E-state index contributed by atoms with van der Waals surface area (Å²) in [5.74, 6) is -0.206. The Morgan fingerprint density at radius 3 is 2.56 bits per heavy atom. The highest BCUT2D eigenvalue weighted by molar-refractivity contribution is 5.75. The van der Waals surface area contributed by atoms with Gasteiger partial charge in [0, 0.05) is 31.9 Å². The molecular formula is C20H22FN3O. The maximum Gasteiger partial charge on any atom is 0.318 e. The predicted molar refractivity (Wildman–Crippen MR) is 96.2 cm³/mol. The number of piperazine rings is 1. The number of urea groups is 1. The summed E-state index contributed by atoms with van der Waals surface area (Å²) in [7, 11) is 0. The van der Waals surface area contributed by atoms with Crippen LogP contribution in [-0.4, -0.2) is 37.1 Å². The highest BCUT2D eigenvalue weighted by atomic mass is 19.1. The largest absolute Gasteiger partial charge is 0.368 e. The molecule has 1 aliphatic heterocycles. The number of nitrogens with one attached hydrogen (secondary N) is 1. The van der Waals surface area contributed by atoms with E-state index in [1.807, 2.05) is 23.1 Å². The Morgan fingerprint density at radius 1 is 1.04 bits per heavy atom. The first-order valence-electron chi connectivity index (χ1n) is 8.84. The molecule has 2 amide bonds. The van der Waals surface area contributed by atoms with Crippen molar-refractivity contribution in [2.45, 2.75) is 18.9 Å². The summed E-state index contributed by atoms with van der Waals surface area (Å²) >= 11 is 0. The van der Waals surface area contributed by atoms with Crippen molar-refractivity contribution in [3.8, 4) is 0 Å². The number of nitrogens with zero attached hydrogens (tertiary/aromatic N) is 2. The lowest BCUT2D eigenvalue weighted by Crippen LogP contribution is -2.52. The van der Waals surface area contributed by atoms with E-state index in [2.05, 4.69) is 22.3 Å². The van der Waals surface area contributed by atoms with E-state index in [4.69, 9.17) is 0 Å². The monoisotopic (exact) mass is 339 g/mol. The highest BCUT2D eigenvalue weighted by Gasteiger charge is 2.27. The van der Waals surface area contributed by atoms with Gasteiger partial charge < -0.3 is 15.1 Å². The maximum absolute atomic E-state index is 13.3. The number of aryl methyl sites for hydroxylation is 1. The first-order valence-corrected chi connectivity index (χ1v) is 8.84. The minimum absolute atomic E-state index is 0.00440. The molecule has 5 heteroatoms. The van der Waals surface area contributed by atoms with Crippen LogP contribution in [0.1, 0.15) is 23.6 Å². The predicted octanol–water partition coefficient (Wildman–Crippen LogP) is 3.34. The summed E-state index contributed by atoms with van der Waals surface area (Å²) in [6.45, 7) is 3.10. The van der Waals surface area contributed by atoms with Crippen molar-refractivity contribution in [2.24, 2.45) is 0 Å². The number of carbonyl (C=O) groups is 1. The van der Waals surface area contributed by atoms with Gasteiger partial charge in [-0.05, 0) is 48.2 Å². The topological polar surface area (TPSA) is 35.6 Å². The van der Waals surface area contributed by atoms with Crippen LogP contribution in [0.2, 0.25) is 0 Å². The van der Waals surface area contributed by atoms with Crippen molar-refractivity contribution in [1.29, 1.82) is 0 Å². The molecule has 1 heterocycles. The third kappa shape index (κ3) is 3.31. The van der Waals surface area contributed by atoms with Gasteiger partial charge in [-0.1, -0.05) is 24.3 Å². The van der Waals surface area contributed by atoms with Gasteiger partial charge in [0.25, 0.3) is 0 Å². The van der Waals surface area contributed by atoms with Crippen molar-refractivity contribution in [1.82, 2.24) is 10.2 Å². The number of halogens is 1. The lowest BCUT2D eigenvalue weighted by molar-refractivity contribution is 0.190. The molecule has 1 N–H and O–H groups in total. The molecule has 4 rings (SSSR count). The van der Waals surface area contributed by atoms with Crippen molar-refractivity contribution in [2.75, 3.05) is 31.1 Å². The van der Waals surface area contributed by atoms with Gasteiger partial charge in [0.1, 0.15) is 5.82 Å². The number of hydrogen-bond acceptors (Lipinski definition) is 2. The Labute approximate surface area is 147 Å². The second-order valence-corrected chi connectivity index (χ2v) is 6.69. The average Bonchev–Trinajstić information content (AvgIpc) is 3.04. The summed E-state index contributed by atoms with van der Waals surface area (Å²) in [6.07, 6.45) is 1.66. The number of para-hydroxylation sites is 1. The minimum Gasteiger partial charge on any atom is -0.368 e. The molecule has 2 aliphatic rings. The number of amides is 2. The Balaban J connectivity index is 1.35. The second kappa shape index (κ2) is 6.75. The van der Waals surface area contributed by atoms with Crippen LogP contribution in [0.5, 0.6) is 0 Å². The molecule has 0 saturated carbocycles. The van der Waals surface area contributed by atoms with Gasteiger partial charge in [-0.15, -0.1) is 0 Å². The van der Waals surface area contributed by atoms with Gasteiger partial charge in [0.15, 0.2) is 0 Å². The molecule has 1 unspecified atom stereocenters. The molecule has 2 aromatic rings. The Bertz CT molecular complexity index is 757. The molecule has 25 heavy (non-hydrogen) atoms. The minimum atomic E-state index is -0.206. The fraction of sp³-hybridized carbons (Fsp3) is 0.350. The van der Waals surface area contributed by atoms with Crippen LogP contribution < -0.4 is 10.2 Å². The van der Waals surface area contributed by atoms with Crippen LogP contribution >= 0.6 is 0 Å². The molecule has 2 aromatic carbocycles. The standard InChI is InChI=1S/C20H22FN3O/c21-16-7-8-18-15(14-16)6-9-19(18)22-20(25)24-12-10-23(11-13-24)17-4-2-1-3-5-17/h1-5,7-8,14,19H,6,9-13H2,(H,22,25). The van der Waals surface area contributed by atoms with Gasteiger partial charge >= 0.3 is 6.03 Å². The second-order valence-electron chi connectivity index (χ2n) is 6.69. The highest BCUT2D eigenvalue weighted by Crippen LogP contribution is 2.31. The summed E-state index contributed by atoms with van der Waals surface area (Å²) < 4.78 is 13.3. The van der Waals surface area contributed by atoms with E-state index >= 15 is 0 Å². The van der Waals surface area contributed by atoms with E-state index in [-0.39, 0.29) is 17.9 Å². The Morgan fingerprint density at radius 2 is 1.80 bits per heavy atom. The number of anilines is 1. The number of benzene rings is 2. The Kier molecular flexibility index (Phi) is 4.30. The number of carbonyl (C=O) groups excluding carboxylic acids is 1. The van der Waals surface area contributed by atoms with Crippen molar-refractivity contribution in [3.63, 3.8) is 0 Å². The van der Waals surface area contributed by atoms with Crippen molar-refractivity contribution in [3.05, 3.63) is 65.5 Å². The maximum atomic E-state index is 13.3. The van der Waals surface area contributed by atoms with E-state index in [0.29, 0.717) is 13.1 Å². The lowest BCUT2D eigenvalue weighted by Gasteiger charge is -2.36. The molecule has 0 bridgehead atoms. The fourth-order valence-electron chi connectivity index (χ4n) is 3.78. The average molecular weight is 339 g/mol. The molecule has 130 valence electrons. The molecule has 1 aliphatic carbocycles. The quantitative estimate of drug-likeness (QED) is 0.911. The summed E-state index contributed by atoms with van der Waals surface area (Å²) in [5, 5.41) is 3.12. The molecule has 1 atom stereocenters. The van der Waals surface area contributed by atoms with Crippen molar-refractivity contribution >= 4 is 11.7 Å². The molecule has 1 fully saturated rings. The van der Waals surface area contributed by atoms with Crippen LogP contribution in [0, 0.1) is 5.82 Å². The molecule has 1 saturated heterocycles. The summed E-state index contributed by atoms with van der Waals surface area (Å²) in [4.78, 5) is 16.8. The summed E-state index contributed by atoms with van der Waals surface area (Å²) in [5.41, 5.74) is 3.27. The molecule has 4 nitrogen and oxygen atoms in total. The van der Waals surface area contributed by atoms with E-state index < -0.39 is 0 Å². The molecule has 0 spiro atoms. The van der Waals surface area contributed by atoms with Crippen LogP contribution in [-0.2, 0) is 6.42 Å². The molecule has 0 radical (unpaired) electrons. The SMILES string of the molecule is O=C(NC1CCc2cc(F)ccc21)N1CCN(c2ccccc2)CC1. The zero-order chi connectivity index (χ0) is 17.2. The van der Waals surface area contributed by atoms with Gasteiger partial charge in [-0.3, -0.25) is 0 Å².